The Labute approximate surface area is 145 Å². The Kier molecular flexibility index (Phi) is 3.78. The summed E-state index contributed by atoms with van der Waals surface area (Å²) in [4.78, 5) is 19.6. The molecule has 1 aliphatic carbocycles. The lowest BCUT2D eigenvalue weighted by Gasteiger charge is -2.19. The van der Waals surface area contributed by atoms with Crippen molar-refractivity contribution in [2.75, 3.05) is 17.7 Å². The van der Waals surface area contributed by atoms with Crippen LogP contribution in [0, 0.1) is 11.3 Å². The Morgan fingerprint density at radius 1 is 1.38 bits per heavy atom. The molecule has 0 radical (unpaired) electrons. The number of rotatable bonds is 3. The number of hydrogen-bond donors (Lipinski definition) is 0. The first-order valence-corrected chi connectivity index (χ1v) is 9.34. The number of benzene rings is 1. The molecule has 1 saturated carbocycles. The summed E-state index contributed by atoms with van der Waals surface area (Å²) >= 11 is 1.43. The van der Waals surface area contributed by atoms with Gasteiger partial charge in [-0.25, -0.2) is 4.98 Å². The highest BCUT2D eigenvalue weighted by Gasteiger charge is 2.31. The van der Waals surface area contributed by atoms with Crippen LogP contribution in [0.15, 0.2) is 35.4 Å². The first-order chi connectivity index (χ1) is 11.7. The number of thioether (sulfide) groups is 1. The molecule has 0 atom stereocenters. The minimum atomic E-state index is -0.0869. The molecular formula is C19H17N3OS. The standard InChI is InChI=1S/C19H17N3OS/c1-24-18-15(11-20)14(10-16(21-18)12-6-7-12)19(23)22-9-8-13-4-2-3-5-17(13)22/h2-5,10,12H,6-9H2,1H3. The summed E-state index contributed by atoms with van der Waals surface area (Å²) in [6.45, 7) is 0.665. The number of fused-ring (bicyclic) bond motifs is 1. The van der Waals surface area contributed by atoms with Crippen molar-refractivity contribution in [2.45, 2.75) is 30.2 Å². The summed E-state index contributed by atoms with van der Waals surface area (Å²) in [5.74, 6) is 0.358. The van der Waals surface area contributed by atoms with E-state index in [4.69, 9.17) is 0 Å². The number of pyridine rings is 1. The Morgan fingerprint density at radius 3 is 2.88 bits per heavy atom. The maximum Gasteiger partial charge on any atom is 0.259 e. The summed E-state index contributed by atoms with van der Waals surface area (Å²) in [6, 6.07) is 12.0. The molecule has 0 bridgehead atoms. The highest BCUT2D eigenvalue weighted by molar-refractivity contribution is 7.98. The summed E-state index contributed by atoms with van der Waals surface area (Å²) in [5, 5.41) is 10.3. The summed E-state index contributed by atoms with van der Waals surface area (Å²) in [7, 11) is 0. The van der Waals surface area contributed by atoms with Gasteiger partial charge in [0.15, 0.2) is 0 Å². The van der Waals surface area contributed by atoms with Crippen LogP contribution in [-0.2, 0) is 6.42 Å². The highest BCUT2D eigenvalue weighted by atomic mass is 32.2. The molecule has 5 heteroatoms. The predicted octanol–water partition coefficient (Wildman–Crippen LogP) is 3.76. The van der Waals surface area contributed by atoms with Crippen molar-refractivity contribution >= 4 is 23.4 Å². The third-order valence-corrected chi connectivity index (χ3v) is 5.35. The third-order valence-electron chi connectivity index (χ3n) is 4.67. The minimum absolute atomic E-state index is 0.0869. The van der Waals surface area contributed by atoms with Gasteiger partial charge in [0.25, 0.3) is 5.91 Å². The van der Waals surface area contributed by atoms with E-state index in [9.17, 15) is 10.1 Å². The predicted molar refractivity (Wildman–Crippen MR) is 94.5 cm³/mol. The topological polar surface area (TPSA) is 57.0 Å². The van der Waals surface area contributed by atoms with E-state index in [1.807, 2.05) is 30.5 Å². The maximum absolute atomic E-state index is 13.2. The molecule has 1 aromatic heterocycles. The van der Waals surface area contributed by atoms with Gasteiger partial charge in [-0.05, 0) is 43.2 Å². The first kappa shape index (κ1) is 15.2. The lowest BCUT2D eigenvalue weighted by Crippen LogP contribution is -2.30. The van der Waals surface area contributed by atoms with Crippen molar-refractivity contribution in [3.8, 4) is 6.07 Å². The molecule has 4 rings (SSSR count). The zero-order valence-electron chi connectivity index (χ0n) is 13.5. The van der Waals surface area contributed by atoms with E-state index in [1.54, 1.807) is 4.90 Å². The molecule has 0 spiro atoms. The number of amides is 1. The van der Waals surface area contributed by atoms with Gasteiger partial charge in [-0.3, -0.25) is 4.79 Å². The molecule has 120 valence electrons. The van der Waals surface area contributed by atoms with E-state index in [0.29, 0.717) is 28.6 Å². The number of aromatic nitrogens is 1. The van der Waals surface area contributed by atoms with Gasteiger partial charge in [-0.15, -0.1) is 11.8 Å². The summed E-state index contributed by atoms with van der Waals surface area (Å²) in [6.07, 6.45) is 5.00. The second-order valence-corrected chi connectivity index (χ2v) is 7.00. The van der Waals surface area contributed by atoms with E-state index in [0.717, 1.165) is 30.6 Å². The molecule has 24 heavy (non-hydrogen) atoms. The van der Waals surface area contributed by atoms with Crippen LogP contribution in [0.4, 0.5) is 5.69 Å². The van der Waals surface area contributed by atoms with Gasteiger partial charge in [0.1, 0.15) is 11.1 Å². The molecule has 2 aliphatic rings. The minimum Gasteiger partial charge on any atom is -0.308 e. The molecule has 0 unspecified atom stereocenters. The highest BCUT2D eigenvalue weighted by Crippen LogP contribution is 2.41. The largest absolute Gasteiger partial charge is 0.308 e. The van der Waals surface area contributed by atoms with Crippen LogP contribution in [0.1, 0.15) is 45.9 Å². The summed E-state index contributed by atoms with van der Waals surface area (Å²) in [5.41, 5.74) is 4.00. The maximum atomic E-state index is 13.2. The van der Waals surface area contributed by atoms with E-state index < -0.39 is 0 Å². The molecule has 2 heterocycles. The van der Waals surface area contributed by atoms with Crippen molar-refractivity contribution in [1.29, 1.82) is 5.26 Å². The van der Waals surface area contributed by atoms with Crippen LogP contribution >= 0.6 is 11.8 Å². The number of carbonyl (C=O) groups excluding carboxylic acids is 1. The number of nitrogens with zero attached hydrogens (tertiary/aromatic N) is 3. The molecule has 1 fully saturated rings. The molecule has 1 aromatic carbocycles. The smallest absolute Gasteiger partial charge is 0.259 e. The normalized spacial score (nSPS) is 15.9. The average Bonchev–Trinajstić information content (AvgIpc) is 3.39. The molecule has 4 nitrogen and oxygen atoms in total. The Morgan fingerprint density at radius 2 is 2.17 bits per heavy atom. The monoisotopic (exact) mass is 335 g/mol. The number of nitriles is 1. The molecule has 0 N–H and O–H groups in total. The van der Waals surface area contributed by atoms with Crippen LogP contribution in [0.3, 0.4) is 0 Å². The van der Waals surface area contributed by atoms with E-state index in [-0.39, 0.29) is 5.91 Å². The second kappa shape index (κ2) is 5.95. The van der Waals surface area contributed by atoms with Crippen LogP contribution in [0.25, 0.3) is 0 Å². The van der Waals surface area contributed by atoms with Gasteiger partial charge >= 0.3 is 0 Å². The third kappa shape index (κ3) is 2.47. The Balaban J connectivity index is 1.80. The number of para-hydroxylation sites is 1. The summed E-state index contributed by atoms with van der Waals surface area (Å²) < 4.78 is 0. The fourth-order valence-corrected chi connectivity index (χ4v) is 3.80. The lowest BCUT2D eigenvalue weighted by molar-refractivity contribution is 0.0988. The van der Waals surface area contributed by atoms with E-state index in [1.165, 1.54) is 17.3 Å². The second-order valence-electron chi connectivity index (χ2n) is 6.20. The lowest BCUT2D eigenvalue weighted by atomic mass is 10.1. The molecule has 1 aliphatic heterocycles. The first-order valence-electron chi connectivity index (χ1n) is 8.11. The van der Waals surface area contributed by atoms with Gasteiger partial charge < -0.3 is 4.90 Å². The number of anilines is 1. The van der Waals surface area contributed by atoms with Crippen molar-refractivity contribution in [3.05, 3.63) is 52.7 Å². The van der Waals surface area contributed by atoms with Gasteiger partial charge in [-0.1, -0.05) is 18.2 Å². The van der Waals surface area contributed by atoms with Crippen LogP contribution < -0.4 is 4.90 Å². The van der Waals surface area contributed by atoms with Crippen LogP contribution in [0.2, 0.25) is 0 Å². The van der Waals surface area contributed by atoms with Gasteiger partial charge in [-0.2, -0.15) is 5.26 Å². The SMILES string of the molecule is CSc1nc(C2CC2)cc(C(=O)N2CCc3ccccc32)c1C#N. The van der Waals surface area contributed by atoms with Crippen molar-refractivity contribution in [3.63, 3.8) is 0 Å². The molecular weight excluding hydrogens is 318 g/mol. The van der Waals surface area contributed by atoms with Crippen molar-refractivity contribution in [2.24, 2.45) is 0 Å². The average molecular weight is 335 g/mol. The molecule has 1 amide bonds. The fraction of sp³-hybridized carbons (Fsp3) is 0.316. The zero-order chi connectivity index (χ0) is 16.7. The molecule has 0 saturated heterocycles. The van der Waals surface area contributed by atoms with Crippen molar-refractivity contribution in [1.82, 2.24) is 4.98 Å². The molecule has 2 aromatic rings. The van der Waals surface area contributed by atoms with Crippen LogP contribution in [-0.4, -0.2) is 23.7 Å². The Bertz CT molecular complexity index is 867. The van der Waals surface area contributed by atoms with E-state index >= 15 is 0 Å². The van der Waals surface area contributed by atoms with Gasteiger partial charge in [0.05, 0.1) is 11.1 Å². The van der Waals surface area contributed by atoms with Crippen LogP contribution in [0.5, 0.6) is 0 Å². The van der Waals surface area contributed by atoms with Gasteiger partial charge in [0.2, 0.25) is 0 Å². The van der Waals surface area contributed by atoms with Crippen molar-refractivity contribution < 1.29 is 4.79 Å². The zero-order valence-corrected chi connectivity index (χ0v) is 14.3. The quantitative estimate of drug-likeness (QED) is 0.802. The van der Waals surface area contributed by atoms with Gasteiger partial charge in [0, 0.05) is 23.8 Å². The Hall–Kier alpha value is -2.32. The van der Waals surface area contributed by atoms with E-state index in [2.05, 4.69) is 17.1 Å². The number of carbonyl (C=O) groups is 1. The number of hydrogen-bond acceptors (Lipinski definition) is 4. The fourth-order valence-electron chi connectivity index (χ4n) is 3.25.